The van der Waals surface area contributed by atoms with E-state index in [4.69, 9.17) is 0 Å². The van der Waals surface area contributed by atoms with E-state index >= 15 is 0 Å². The number of aromatic nitrogens is 3. The number of hydrogen-bond acceptors (Lipinski definition) is 6. The third kappa shape index (κ3) is 4.27. The number of H-pyrrole nitrogens is 1. The highest BCUT2D eigenvalue weighted by Gasteiger charge is 2.11. The Labute approximate surface area is 146 Å². The normalized spacial score (nSPS) is 10.6. The second-order valence-corrected chi connectivity index (χ2v) is 6.10. The summed E-state index contributed by atoms with van der Waals surface area (Å²) in [6.45, 7) is 0.206. The highest BCUT2D eigenvalue weighted by molar-refractivity contribution is 7.13. The number of thiazole rings is 1. The van der Waals surface area contributed by atoms with Crippen molar-refractivity contribution in [1.29, 1.82) is 0 Å². The molecule has 3 rings (SSSR count). The molecule has 2 amide bonds. The van der Waals surface area contributed by atoms with Gasteiger partial charge in [-0.1, -0.05) is 18.2 Å². The van der Waals surface area contributed by atoms with Gasteiger partial charge in [0.05, 0.1) is 17.5 Å². The van der Waals surface area contributed by atoms with Gasteiger partial charge >= 0.3 is 0 Å². The second-order valence-electron chi connectivity index (χ2n) is 5.21. The van der Waals surface area contributed by atoms with Crippen LogP contribution < -0.4 is 16.2 Å². The fourth-order valence-electron chi connectivity index (χ4n) is 2.30. The molecule has 0 bridgehead atoms. The molecule has 1 aromatic carbocycles. The zero-order valence-corrected chi connectivity index (χ0v) is 13.9. The number of rotatable bonds is 6. The van der Waals surface area contributed by atoms with E-state index in [1.165, 1.54) is 11.3 Å². The molecule has 0 unspecified atom stereocenters. The molecule has 8 nitrogen and oxygen atoms in total. The van der Waals surface area contributed by atoms with Crippen molar-refractivity contribution in [2.75, 3.05) is 11.9 Å². The molecule has 0 fully saturated rings. The van der Waals surface area contributed by atoms with Gasteiger partial charge in [-0.2, -0.15) is 5.10 Å². The minimum Gasteiger partial charge on any atom is -0.355 e. The summed E-state index contributed by atoms with van der Waals surface area (Å²) in [4.78, 5) is 39.4. The molecule has 0 radical (unpaired) electrons. The van der Waals surface area contributed by atoms with Gasteiger partial charge in [0.1, 0.15) is 0 Å². The van der Waals surface area contributed by atoms with Crippen molar-refractivity contribution in [3.8, 4) is 0 Å². The van der Waals surface area contributed by atoms with Gasteiger partial charge in [-0.25, -0.2) is 10.1 Å². The van der Waals surface area contributed by atoms with E-state index in [-0.39, 0.29) is 36.8 Å². The Bertz CT molecular complexity index is 952. The lowest BCUT2D eigenvalue weighted by Gasteiger charge is -2.06. The summed E-state index contributed by atoms with van der Waals surface area (Å²) in [5, 5.41) is 15.1. The van der Waals surface area contributed by atoms with Crippen molar-refractivity contribution in [2.24, 2.45) is 0 Å². The van der Waals surface area contributed by atoms with Crippen LogP contribution in [0.2, 0.25) is 0 Å². The zero-order valence-electron chi connectivity index (χ0n) is 13.1. The fraction of sp³-hybridized carbons (Fsp3) is 0.188. The van der Waals surface area contributed by atoms with Crippen LogP contribution in [0.3, 0.4) is 0 Å². The van der Waals surface area contributed by atoms with Gasteiger partial charge in [-0.15, -0.1) is 11.3 Å². The Hall–Kier alpha value is -3.07. The number of nitrogens with zero attached hydrogens (tertiary/aromatic N) is 2. The molecule has 0 spiro atoms. The maximum absolute atomic E-state index is 12.1. The summed E-state index contributed by atoms with van der Waals surface area (Å²) >= 11 is 1.33. The number of fused-ring (bicyclic) bond motifs is 1. The van der Waals surface area contributed by atoms with Crippen LogP contribution in [0.15, 0.2) is 40.6 Å². The standard InChI is InChI=1S/C16H15N5O3S/c22-13(19-16-18-7-8-25-16)5-6-17-14(23)9-12-10-3-1-2-4-11(10)15(24)21-20-12/h1-4,7-8H,5-6,9H2,(H,17,23)(H,21,24)(H,18,19,22). The van der Waals surface area contributed by atoms with Crippen LogP contribution in [0.5, 0.6) is 0 Å². The second kappa shape index (κ2) is 7.67. The molecule has 0 aliphatic rings. The maximum Gasteiger partial charge on any atom is 0.272 e. The quantitative estimate of drug-likeness (QED) is 0.610. The molecule has 0 saturated carbocycles. The zero-order chi connectivity index (χ0) is 17.6. The van der Waals surface area contributed by atoms with Crippen molar-refractivity contribution in [3.05, 3.63) is 51.9 Å². The molecular formula is C16H15N5O3S. The smallest absolute Gasteiger partial charge is 0.272 e. The van der Waals surface area contributed by atoms with Gasteiger partial charge in [0.2, 0.25) is 11.8 Å². The molecular weight excluding hydrogens is 342 g/mol. The largest absolute Gasteiger partial charge is 0.355 e. The van der Waals surface area contributed by atoms with E-state index < -0.39 is 0 Å². The van der Waals surface area contributed by atoms with Gasteiger partial charge in [-0.3, -0.25) is 14.4 Å². The summed E-state index contributed by atoms with van der Waals surface area (Å²) in [7, 11) is 0. The summed E-state index contributed by atoms with van der Waals surface area (Å²) in [5.74, 6) is -0.491. The molecule has 3 N–H and O–H groups in total. The van der Waals surface area contributed by atoms with Crippen LogP contribution in [0.1, 0.15) is 12.1 Å². The van der Waals surface area contributed by atoms with Crippen molar-refractivity contribution < 1.29 is 9.59 Å². The first kappa shape index (κ1) is 16.8. The first-order valence-electron chi connectivity index (χ1n) is 7.56. The minimum absolute atomic E-state index is 0.0192. The molecule has 128 valence electrons. The van der Waals surface area contributed by atoms with Crippen molar-refractivity contribution in [1.82, 2.24) is 20.5 Å². The Morgan fingerprint density at radius 2 is 1.96 bits per heavy atom. The van der Waals surface area contributed by atoms with Gasteiger partial charge in [0.25, 0.3) is 5.56 Å². The van der Waals surface area contributed by atoms with Crippen LogP contribution in [-0.2, 0) is 16.0 Å². The Balaban J connectivity index is 1.54. The molecule has 0 saturated heterocycles. The lowest BCUT2D eigenvalue weighted by molar-refractivity contribution is -0.120. The van der Waals surface area contributed by atoms with Crippen molar-refractivity contribution in [3.63, 3.8) is 0 Å². The number of carbonyl (C=O) groups is 2. The Morgan fingerprint density at radius 1 is 1.16 bits per heavy atom. The minimum atomic E-state index is -0.293. The van der Waals surface area contributed by atoms with E-state index in [1.807, 2.05) is 0 Å². The first-order valence-corrected chi connectivity index (χ1v) is 8.44. The molecule has 0 aliphatic carbocycles. The number of carbonyl (C=O) groups excluding carboxylic acids is 2. The summed E-state index contributed by atoms with van der Waals surface area (Å²) in [6.07, 6.45) is 1.76. The number of hydrogen-bond donors (Lipinski definition) is 3. The molecule has 2 heterocycles. The summed E-state index contributed by atoms with van der Waals surface area (Å²) in [5.41, 5.74) is 0.193. The topological polar surface area (TPSA) is 117 Å². The van der Waals surface area contributed by atoms with Crippen LogP contribution in [0.25, 0.3) is 10.8 Å². The Kier molecular flexibility index (Phi) is 5.14. The highest BCUT2D eigenvalue weighted by atomic mass is 32.1. The van der Waals surface area contributed by atoms with Gasteiger partial charge in [0.15, 0.2) is 5.13 Å². The summed E-state index contributed by atoms with van der Waals surface area (Å²) < 4.78 is 0. The fourth-order valence-corrected chi connectivity index (χ4v) is 2.85. The van der Waals surface area contributed by atoms with Crippen molar-refractivity contribution in [2.45, 2.75) is 12.8 Å². The highest BCUT2D eigenvalue weighted by Crippen LogP contribution is 2.13. The number of amides is 2. The van der Waals surface area contributed by atoms with Crippen LogP contribution in [-0.4, -0.2) is 33.5 Å². The molecule has 0 aliphatic heterocycles. The van der Waals surface area contributed by atoms with E-state index in [1.54, 1.807) is 35.8 Å². The monoisotopic (exact) mass is 357 g/mol. The summed E-state index contributed by atoms with van der Waals surface area (Å²) in [6, 6.07) is 6.97. The number of anilines is 1. The molecule has 25 heavy (non-hydrogen) atoms. The molecule has 9 heteroatoms. The lowest BCUT2D eigenvalue weighted by Crippen LogP contribution is -2.29. The van der Waals surface area contributed by atoms with E-state index in [0.717, 1.165) is 0 Å². The average molecular weight is 357 g/mol. The Morgan fingerprint density at radius 3 is 2.72 bits per heavy atom. The number of benzene rings is 1. The predicted octanol–water partition coefficient (Wildman–Crippen LogP) is 1.07. The van der Waals surface area contributed by atoms with Gasteiger partial charge < -0.3 is 10.6 Å². The van der Waals surface area contributed by atoms with Crippen LogP contribution in [0, 0.1) is 0 Å². The van der Waals surface area contributed by atoms with Crippen LogP contribution >= 0.6 is 11.3 Å². The van der Waals surface area contributed by atoms with E-state index in [9.17, 15) is 14.4 Å². The first-order chi connectivity index (χ1) is 12.1. The third-order valence-electron chi connectivity index (χ3n) is 3.46. The predicted molar refractivity (Wildman–Crippen MR) is 94.4 cm³/mol. The van der Waals surface area contributed by atoms with Gasteiger partial charge in [0, 0.05) is 29.9 Å². The molecule has 2 aromatic heterocycles. The van der Waals surface area contributed by atoms with Crippen molar-refractivity contribution >= 4 is 39.1 Å². The molecule has 3 aromatic rings. The average Bonchev–Trinajstić information content (AvgIpc) is 3.10. The van der Waals surface area contributed by atoms with Crippen LogP contribution in [0.4, 0.5) is 5.13 Å². The molecule has 0 atom stereocenters. The van der Waals surface area contributed by atoms with Gasteiger partial charge in [-0.05, 0) is 6.07 Å². The maximum atomic E-state index is 12.1. The number of aromatic amines is 1. The lowest BCUT2D eigenvalue weighted by atomic mass is 10.1. The van der Waals surface area contributed by atoms with E-state index in [2.05, 4.69) is 25.8 Å². The SMILES string of the molecule is O=C(Cc1n[nH]c(=O)c2ccccc12)NCCC(=O)Nc1nccs1. The third-order valence-corrected chi connectivity index (χ3v) is 4.14. The number of nitrogens with one attached hydrogen (secondary N) is 3. The van der Waals surface area contributed by atoms with E-state index in [0.29, 0.717) is 21.6 Å².